The van der Waals surface area contributed by atoms with Crippen LogP contribution in [0.1, 0.15) is 44.6 Å². The van der Waals surface area contributed by atoms with Gasteiger partial charge < -0.3 is 5.32 Å². The van der Waals surface area contributed by atoms with Crippen molar-refractivity contribution in [1.29, 1.82) is 0 Å². The first-order chi connectivity index (χ1) is 9.74. The van der Waals surface area contributed by atoms with Crippen molar-refractivity contribution in [2.45, 2.75) is 55.8 Å². The lowest BCUT2D eigenvalue weighted by Gasteiger charge is -2.23. The van der Waals surface area contributed by atoms with Crippen molar-refractivity contribution in [1.82, 2.24) is 14.9 Å². The number of amides is 1. The molecular formula is C14H19N3O2S. The van der Waals surface area contributed by atoms with Crippen LogP contribution in [0.3, 0.4) is 0 Å². The van der Waals surface area contributed by atoms with Crippen LogP contribution in [0.25, 0.3) is 0 Å². The molecule has 6 heteroatoms. The molecule has 3 rings (SSSR count). The van der Waals surface area contributed by atoms with Crippen molar-refractivity contribution < 1.29 is 4.79 Å². The van der Waals surface area contributed by atoms with Gasteiger partial charge in [-0.2, -0.15) is 0 Å². The fourth-order valence-corrected chi connectivity index (χ4v) is 4.11. The topological polar surface area (TPSA) is 64.0 Å². The average Bonchev–Trinajstić information content (AvgIpc) is 2.84. The van der Waals surface area contributed by atoms with Gasteiger partial charge in [0, 0.05) is 30.5 Å². The van der Waals surface area contributed by atoms with E-state index in [4.69, 9.17) is 0 Å². The highest BCUT2D eigenvalue weighted by Gasteiger charge is 2.27. The summed E-state index contributed by atoms with van der Waals surface area (Å²) in [7, 11) is 0. The minimum Gasteiger partial charge on any atom is -0.353 e. The Balaban J connectivity index is 1.62. The van der Waals surface area contributed by atoms with E-state index in [1.54, 1.807) is 16.3 Å². The van der Waals surface area contributed by atoms with E-state index in [1.165, 1.54) is 31.5 Å². The maximum atomic E-state index is 12.1. The number of hydrogen-bond donors (Lipinski definition) is 1. The first-order valence-electron chi connectivity index (χ1n) is 7.24. The molecule has 0 bridgehead atoms. The molecule has 1 aliphatic heterocycles. The van der Waals surface area contributed by atoms with Gasteiger partial charge in [-0.1, -0.05) is 31.0 Å². The van der Waals surface area contributed by atoms with Crippen LogP contribution in [-0.2, 0) is 4.79 Å². The van der Waals surface area contributed by atoms with Crippen molar-refractivity contribution in [3.05, 3.63) is 22.6 Å². The number of rotatable bonds is 3. The molecule has 1 amide bonds. The number of nitrogens with zero attached hydrogens (tertiary/aromatic N) is 2. The smallest absolute Gasteiger partial charge is 0.254 e. The predicted octanol–water partition coefficient (Wildman–Crippen LogP) is 1.73. The Kier molecular flexibility index (Phi) is 4.10. The Hall–Kier alpha value is -1.30. The van der Waals surface area contributed by atoms with E-state index in [1.807, 2.05) is 0 Å². The average molecular weight is 293 g/mol. The molecule has 2 aliphatic rings. The lowest BCUT2D eigenvalue weighted by Crippen LogP contribution is -2.38. The van der Waals surface area contributed by atoms with E-state index in [0.717, 1.165) is 23.8 Å². The fraction of sp³-hybridized carbons (Fsp3) is 0.643. The van der Waals surface area contributed by atoms with Crippen LogP contribution >= 0.6 is 11.8 Å². The summed E-state index contributed by atoms with van der Waals surface area (Å²) in [6.45, 7) is 0. The largest absolute Gasteiger partial charge is 0.353 e. The van der Waals surface area contributed by atoms with Crippen molar-refractivity contribution >= 4 is 17.7 Å². The molecule has 5 nitrogen and oxygen atoms in total. The van der Waals surface area contributed by atoms with Gasteiger partial charge in [0.05, 0.1) is 6.04 Å². The molecular weight excluding hydrogens is 274 g/mol. The van der Waals surface area contributed by atoms with E-state index in [2.05, 4.69) is 10.3 Å². The molecule has 1 fully saturated rings. The molecule has 0 unspecified atom stereocenters. The van der Waals surface area contributed by atoms with E-state index in [0.29, 0.717) is 12.5 Å². The number of fused-ring (bicyclic) bond motifs is 1. The first-order valence-corrected chi connectivity index (χ1v) is 8.22. The molecule has 0 radical (unpaired) electrons. The van der Waals surface area contributed by atoms with Gasteiger partial charge in [0.2, 0.25) is 5.91 Å². The van der Waals surface area contributed by atoms with Gasteiger partial charge in [0.25, 0.3) is 5.56 Å². The second kappa shape index (κ2) is 5.99. The molecule has 0 spiro atoms. The summed E-state index contributed by atoms with van der Waals surface area (Å²) in [6.07, 6.45) is 7.77. The highest BCUT2D eigenvalue weighted by molar-refractivity contribution is 7.99. The van der Waals surface area contributed by atoms with Gasteiger partial charge in [-0.05, 0) is 12.8 Å². The first kappa shape index (κ1) is 13.7. The van der Waals surface area contributed by atoms with Crippen LogP contribution < -0.4 is 10.9 Å². The summed E-state index contributed by atoms with van der Waals surface area (Å²) in [6, 6.07) is 1.73. The monoisotopic (exact) mass is 293 g/mol. The molecule has 1 atom stereocenters. The van der Waals surface area contributed by atoms with Crippen molar-refractivity contribution in [2.24, 2.45) is 0 Å². The van der Waals surface area contributed by atoms with E-state index in [9.17, 15) is 9.59 Å². The van der Waals surface area contributed by atoms with Gasteiger partial charge in [-0.3, -0.25) is 14.2 Å². The molecule has 20 heavy (non-hydrogen) atoms. The Labute approximate surface area is 122 Å². The Morgan fingerprint density at radius 2 is 2.20 bits per heavy atom. The summed E-state index contributed by atoms with van der Waals surface area (Å²) in [5, 5.41) is 3.84. The van der Waals surface area contributed by atoms with Crippen LogP contribution in [0.4, 0.5) is 0 Å². The quantitative estimate of drug-likeness (QED) is 0.862. The summed E-state index contributed by atoms with van der Waals surface area (Å²) >= 11 is 1.55. The molecule has 1 aromatic rings. The third-order valence-electron chi connectivity index (χ3n) is 4.01. The van der Waals surface area contributed by atoms with E-state index < -0.39 is 0 Å². The molecule has 1 aromatic heterocycles. The van der Waals surface area contributed by atoms with Crippen LogP contribution in [0.15, 0.2) is 22.2 Å². The third kappa shape index (κ3) is 2.90. The highest BCUT2D eigenvalue weighted by Crippen LogP contribution is 2.31. The second-order valence-corrected chi connectivity index (χ2v) is 6.49. The van der Waals surface area contributed by atoms with Gasteiger partial charge >= 0.3 is 0 Å². The lowest BCUT2D eigenvalue weighted by atomic mass is 9.95. The number of aromatic nitrogens is 2. The second-order valence-electron chi connectivity index (χ2n) is 5.51. The molecule has 2 heterocycles. The Morgan fingerprint density at radius 1 is 1.40 bits per heavy atom. The minimum atomic E-state index is -0.0598. The molecule has 1 aliphatic carbocycles. The summed E-state index contributed by atoms with van der Waals surface area (Å²) < 4.78 is 1.66. The predicted molar refractivity (Wildman–Crippen MR) is 77.9 cm³/mol. The fourth-order valence-electron chi connectivity index (χ4n) is 2.99. The van der Waals surface area contributed by atoms with Crippen LogP contribution in [-0.4, -0.2) is 27.3 Å². The maximum Gasteiger partial charge on any atom is 0.254 e. The van der Waals surface area contributed by atoms with Crippen LogP contribution in [0, 0.1) is 0 Å². The number of carbonyl (C=O) groups excluding carboxylic acids is 1. The number of hydrogen-bond acceptors (Lipinski definition) is 4. The minimum absolute atomic E-state index is 0.0557. The van der Waals surface area contributed by atoms with Gasteiger partial charge in [-0.25, -0.2) is 4.98 Å². The highest BCUT2D eigenvalue weighted by atomic mass is 32.2. The zero-order valence-electron chi connectivity index (χ0n) is 11.4. The number of thioether (sulfide) groups is 1. The molecule has 1 N–H and O–H groups in total. The summed E-state index contributed by atoms with van der Waals surface area (Å²) in [4.78, 5) is 28.2. The molecule has 0 aromatic carbocycles. The molecule has 0 saturated heterocycles. The Morgan fingerprint density at radius 3 is 3.00 bits per heavy atom. The van der Waals surface area contributed by atoms with Crippen molar-refractivity contribution in [2.75, 3.05) is 5.75 Å². The van der Waals surface area contributed by atoms with Crippen molar-refractivity contribution in [3.8, 4) is 0 Å². The summed E-state index contributed by atoms with van der Waals surface area (Å²) in [5.74, 6) is 0.816. The number of carbonyl (C=O) groups is 1. The number of nitrogens with one attached hydrogen (secondary N) is 1. The normalized spacial score (nSPS) is 22.5. The third-order valence-corrected chi connectivity index (χ3v) is 5.12. The molecule has 108 valence electrons. The van der Waals surface area contributed by atoms with Crippen LogP contribution in [0.5, 0.6) is 0 Å². The zero-order chi connectivity index (χ0) is 13.9. The lowest BCUT2D eigenvalue weighted by molar-refractivity contribution is -0.122. The van der Waals surface area contributed by atoms with E-state index >= 15 is 0 Å². The summed E-state index contributed by atoms with van der Waals surface area (Å²) in [5.41, 5.74) is -0.0598. The zero-order valence-corrected chi connectivity index (χ0v) is 12.2. The van der Waals surface area contributed by atoms with Gasteiger partial charge in [0.1, 0.15) is 0 Å². The Bertz CT molecular complexity index is 552. The standard InChI is InChI=1S/C14H19N3O2S/c18-12(16-10-4-2-1-3-5-10)8-11-9-20-14-15-7-6-13(19)17(11)14/h6-7,10-11H,1-5,8-9H2,(H,16,18)/t11-/m0/s1. The van der Waals surface area contributed by atoms with Crippen LogP contribution in [0.2, 0.25) is 0 Å². The van der Waals surface area contributed by atoms with Crippen molar-refractivity contribution in [3.63, 3.8) is 0 Å². The van der Waals surface area contributed by atoms with Gasteiger partial charge in [-0.15, -0.1) is 0 Å². The SMILES string of the molecule is O=C(C[C@H]1CSc2nccc(=O)n21)NC1CCCCC1. The van der Waals surface area contributed by atoms with E-state index in [-0.39, 0.29) is 17.5 Å². The maximum absolute atomic E-state index is 12.1. The molecule has 1 saturated carbocycles. The van der Waals surface area contributed by atoms with Gasteiger partial charge in [0.15, 0.2) is 5.16 Å².